The zero-order valence-electron chi connectivity index (χ0n) is 17.6. The van der Waals surface area contributed by atoms with E-state index in [0.717, 1.165) is 47.9 Å². The van der Waals surface area contributed by atoms with Gasteiger partial charge in [-0.25, -0.2) is 9.38 Å². The van der Waals surface area contributed by atoms with Crippen LogP contribution in [0.25, 0.3) is 0 Å². The molecule has 2 aromatic rings. The van der Waals surface area contributed by atoms with E-state index in [1.165, 1.54) is 6.07 Å². The van der Waals surface area contributed by atoms with Crippen LogP contribution in [0, 0.1) is 5.82 Å². The number of likely N-dealkylation sites (N-methyl/N-ethyl adjacent to an activating group) is 1. The highest BCUT2D eigenvalue weighted by Crippen LogP contribution is 2.19. The number of nitrogens with zero attached hydrogens (tertiary/aromatic N) is 3. The topological polar surface area (TPSA) is 65.7 Å². The van der Waals surface area contributed by atoms with Crippen LogP contribution >= 0.6 is 0 Å². The smallest absolute Gasteiger partial charge is 0.191 e. The molecule has 154 valence electrons. The lowest BCUT2D eigenvalue weighted by molar-refractivity contribution is 0.297. The summed E-state index contributed by atoms with van der Waals surface area (Å²) in [5.41, 5.74) is 2.95. The van der Waals surface area contributed by atoms with Crippen LogP contribution in [0.15, 0.2) is 33.8 Å². The third kappa shape index (κ3) is 5.79. The van der Waals surface area contributed by atoms with Crippen LogP contribution in [0.4, 0.5) is 4.39 Å². The summed E-state index contributed by atoms with van der Waals surface area (Å²) in [5.74, 6) is 1.38. The van der Waals surface area contributed by atoms with E-state index in [1.807, 2.05) is 27.1 Å². The standard InChI is InChI=1S/C21H32FN5O/c1-6-18-17(20(7-2)28-26-18)13-24-21(23-8-3)25-14-19(27(4)5)15-10-9-11-16(22)12-15/h9-12,19H,6-8,13-14H2,1-5H3,(H2,23,24,25). The minimum atomic E-state index is -0.225. The first kappa shape index (κ1) is 21.9. The molecule has 0 amide bonds. The summed E-state index contributed by atoms with van der Waals surface area (Å²) >= 11 is 0. The molecule has 0 saturated carbocycles. The zero-order chi connectivity index (χ0) is 20.5. The normalized spacial score (nSPS) is 13.0. The Kier molecular flexibility index (Phi) is 8.44. The predicted molar refractivity (Wildman–Crippen MR) is 111 cm³/mol. The molecule has 0 fully saturated rings. The second-order valence-electron chi connectivity index (χ2n) is 6.85. The first-order valence-electron chi connectivity index (χ1n) is 9.90. The van der Waals surface area contributed by atoms with Gasteiger partial charge in [-0.15, -0.1) is 0 Å². The van der Waals surface area contributed by atoms with Crippen molar-refractivity contribution in [2.24, 2.45) is 4.99 Å². The Hall–Kier alpha value is -2.41. The van der Waals surface area contributed by atoms with Gasteiger partial charge in [-0.2, -0.15) is 0 Å². The van der Waals surface area contributed by atoms with E-state index in [-0.39, 0.29) is 11.9 Å². The molecule has 0 radical (unpaired) electrons. The average molecular weight is 390 g/mol. The molecule has 1 heterocycles. The van der Waals surface area contributed by atoms with Crippen LogP contribution < -0.4 is 10.6 Å². The zero-order valence-corrected chi connectivity index (χ0v) is 17.6. The molecule has 1 aromatic heterocycles. The number of aromatic nitrogens is 1. The molecule has 0 saturated heterocycles. The fourth-order valence-electron chi connectivity index (χ4n) is 3.12. The van der Waals surface area contributed by atoms with Crippen molar-refractivity contribution in [2.45, 2.75) is 46.2 Å². The van der Waals surface area contributed by atoms with Crippen molar-refractivity contribution < 1.29 is 8.91 Å². The summed E-state index contributed by atoms with van der Waals surface area (Å²) < 4.78 is 19.1. The van der Waals surface area contributed by atoms with E-state index in [9.17, 15) is 4.39 Å². The number of rotatable bonds is 9. The molecule has 1 aromatic carbocycles. The average Bonchev–Trinajstić information content (AvgIpc) is 3.08. The molecule has 0 aliphatic carbocycles. The third-order valence-electron chi connectivity index (χ3n) is 4.67. The van der Waals surface area contributed by atoms with E-state index in [1.54, 1.807) is 12.1 Å². The molecule has 7 heteroatoms. The monoisotopic (exact) mass is 389 g/mol. The summed E-state index contributed by atoms with van der Waals surface area (Å²) in [6.07, 6.45) is 1.62. The fraction of sp³-hybridized carbons (Fsp3) is 0.524. The van der Waals surface area contributed by atoms with Gasteiger partial charge >= 0.3 is 0 Å². The van der Waals surface area contributed by atoms with Crippen molar-refractivity contribution in [2.75, 3.05) is 27.2 Å². The number of aryl methyl sites for hydroxylation is 2. The first-order valence-corrected chi connectivity index (χ1v) is 9.90. The van der Waals surface area contributed by atoms with Crippen molar-refractivity contribution in [3.8, 4) is 0 Å². The lowest BCUT2D eigenvalue weighted by Crippen LogP contribution is -2.41. The number of hydrogen-bond donors (Lipinski definition) is 2. The second-order valence-corrected chi connectivity index (χ2v) is 6.85. The van der Waals surface area contributed by atoms with E-state index >= 15 is 0 Å². The van der Waals surface area contributed by atoms with Crippen LogP contribution in [0.3, 0.4) is 0 Å². The van der Waals surface area contributed by atoms with Gasteiger partial charge in [0.25, 0.3) is 0 Å². The van der Waals surface area contributed by atoms with Gasteiger partial charge < -0.3 is 20.1 Å². The van der Waals surface area contributed by atoms with E-state index < -0.39 is 0 Å². The Morgan fingerprint density at radius 3 is 2.61 bits per heavy atom. The van der Waals surface area contributed by atoms with Gasteiger partial charge in [0.1, 0.15) is 11.6 Å². The lowest BCUT2D eigenvalue weighted by atomic mass is 10.1. The van der Waals surface area contributed by atoms with E-state index in [2.05, 4.69) is 34.5 Å². The molecule has 1 unspecified atom stereocenters. The maximum atomic E-state index is 13.6. The summed E-state index contributed by atoms with van der Waals surface area (Å²) in [6, 6.07) is 6.75. The van der Waals surface area contributed by atoms with Crippen LogP contribution in [-0.4, -0.2) is 43.2 Å². The molecule has 6 nitrogen and oxygen atoms in total. The van der Waals surface area contributed by atoms with Crippen molar-refractivity contribution in [1.29, 1.82) is 0 Å². The Balaban J connectivity index is 2.13. The quantitative estimate of drug-likeness (QED) is 0.509. The van der Waals surface area contributed by atoms with Gasteiger partial charge in [0.2, 0.25) is 0 Å². The summed E-state index contributed by atoms with van der Waals surface area (Å²) in [7, 11) is 3.97. The van der Waals surface area contributed by atoms with Gasteiger partial charge in [0, 0.05) is 25.1 Å². The van der Waals surface area contributed by atoms with E-state index in [0.29, 0.717) is 13.1 Å². The van der Waals surface area contributed by atoms with Crippen LogP contribution in [0.5, 0.6) is 0 Å². The molecule has 0 spiro atoms. The molecule has 0 bridgehead atoms. The molecule has 1 atom stereocenters. The highest BCUT2D eigenvalue weighted by molar-refractivity contribution is 5.79. The number of guanidine groups is 1. The van der Waals surface area contributed by atoms with Crippen LogP contribution in [0.1, 0.15) is 49.4 Å². The molecule has 0 aliphatic rings. The van der Waals surface area contributed by atoms with Crippen molar-refractivity contribution >= 4 is 5.96 Å². The minimum absolute atomic E-state index is 0.0209. The number of aliphatic imine (C=N–C) groups is 1. The molecule has 0 aliphatic heterocycles. The number of nitrogens with one attached hydrogen (secondary N) is 2. The highest BCUT2D eigenvalue weighted by Gasteiger charge is 2.16. The van der Waals surface area contributed by atoms with Gasteiger partial charge in [-0.1, -0.05) is 31.1 Å². The molecular formula is C21H32FN5O. The maximum absolute atomic E-state index is 13.6. The Bertz CT molecular complexity index is 750. The molecule has 2 rings (SSSR count). The molecule has 2 N–H and O–H groups in total. The summed E-state index contributed by atoms with van der Waals surface area (Å²) in [5, 5.41) is 10.8. The third-order valence-corrected chi connectivity index (χ3v) is 4.67. The minimum Gasteiger partial charge on any atom is -0.361 e. The number of hydrogen-bond acceptors (Lipinski definition) is 4. The van der Waals surface area contributed by atoms with Crippen molar-refractivity contribution in [1.82, 2.24) is 20.7 Å². The first-order chi connectivity index (χ1) is 13.5. The summed E-state index contributed by atoms with van der Waals surface area (Å²) in [6.45, 7) is 8.02. The Morgan fingerprint density at radius 1 is 1.21 bits per heavy atom. The van der Waals surface area contributed by atoms with Gasteiger partial charge in [0.15, 0.2) is 5.96 Å². The largest absolute Gasteiger partial charge is 0.361 e. The van der Waals surface area contributed by atoms with Crippen LogP contribution in [-0.2, 0) is 19.4 Å². The van der Waals surface area contributed by atoms with Crippen molar-refractivity contribution in [3.63, 3.8) is 0 Å². The number of benzene rings is 1. The highest BCUT2D eigenvalue weighted by atomic mass is 19.1. The van der Waals surface area contributed by atoms with Gasteiger partial charge in [-0.3, -0.25) is 0 Å². The summed E-state index contributed by atoms with van der Waals surface area (Å²) in [4.78, 5) is 6.78. The molecule has 28 heavy (non-hydrogen) atoms. The lowest BCUT2D eigenvalue weighted by Gasteiger charge is -2.26. The SMILES string of the molecule is CCNC(=NCc1c(CC)noc1CC)NCC(c1cccc(F)c1)N(C)C. The van der Waals surface area contributed by atoms with Gasteiger partial charge in [-0.05, 0) is 45.1 Å². The Morgan fingerprint density at radius 2 is 2.00 bits per heavy atom. The number of halogens is 1. The van der Waals surface area contributed by atoms with Gasteiger partial charge in [0.05, 0.1) is 18.3 Å². The molecular weight excluding hydrogens is 357 g/mol. The second kappa shape index (κ2) is 10.8. The van der Waals surface area contributed by atoms with Crippen molar-refractivity contribution in [3.05, 3.63) is 52.7 Å². The van der Waals surface area contributed by atoms with E-state index in [4.69, 9.17) is 9.52 Å². The van der Waals surface area contributed by atoms with Crippen LogP contribution in [0.2, 0.25) is 0 Å². The predicted octanol–water partition coefficient (Wildman–Crippen LogP) is 3.30. The maximum Gasteiger partial charge on any atom is 0.191 e. The Labute approximate surface area is 167 Å². The fourth-order valence-corrected chi connectivity index (χ4v) is 3.12.